The summed E-state index contributed by atoms with van der Waals surface area (Å²) in [5.74, 6) is 0. The molecule has 2 heteroatoms. The van der Waals surface area contributed by atoms with Gasteiger partial charge < -0.3 is 10.2 Å². The van der Waals surface area contributed by atoms with Crippen molar-refractivity contribution in [1.82, 2.24) is 5.32 Å². The number of rotatable bonds is 2. The van der Waals surface area contributed by atoms with Crippen LogP contribution in [0.25, 0.3) is 0 Å². The number of benzene rings is 1. The Balaban J connectivity index is 2.29. The van der Waals surface area contributed by atoms with Crippen LogP contribution in [0.2, 0.25) is 0 Å². The first-order valence-corrected chi connectivity index (χ1v) is 4.79. The van der Waals surface area contributed by atoms with Crippen molar-refractivity contribution in [2.75, 3.05) is 25.5 Å². The van der Waals surface area contributed by atoms with E-state index in [4.69, 9.17) is 0 Å². The molecule has 1 aliphatic heterocycles. The van der Waals surface area contributed by atoms with Gasteiger partial charge in [0.2, 0.25) is 0 Å². The van der Waals surface area contributed by atoms with Crippen LogP contribution in [0.1, 0.15) is 11.1 Å². The molecule has 0 amide bonds. The molecule has 0 unspecified atom stereocenters. The molecule has 1 aromatic rings. The van der Waals surface area contributed by atoms with Crippen molar-refractivity contribution in [3.8, 4) is 0 Å². The fraction of sp³-hybridized carbons (Fsp3) is 0.455. The van der Waals surface area contributed by atoms with Gasteiger partial charge in [0.25, 0.3) is 0 Å². The molecule has 1 N–H and O–H groups in total. The zero-order valence-electron chi connectivity index (χ0n) is 8.30. The van der Waals surface area contributed by atoms with Gasteiger partial charge in [-0.25, -0.2) is 0 Å². The Labute approximate surface area is 79.6 Å². The van der Waals surface area contributed by atoms with Crippen LogP contribution in [0.5, 0.6) is 0 Å². The van der Waals surface area contributed by atoms with Crippen LogP contribution < -0.4 is 10.2 Å². The molecule has 2 nitrogen and oxygen atoms in total. The van der Waals surface area contributed by atoms with Crippen LogP contribution in [-0.2, 0) is 13.0 Å². The van der Waals surface area contributed by atoms with Gasteiger partial charge in [-0.15, -0.1) is 0 Å². The van der Waals surface area contributed by atoms with Gasteiger partial charge in [-0.05, 0) is 30.7 Å². The minimum atomic E-state index is 0.969. The third-order valence-electron chi connectivity index (χ3n) is 2.65. The molecule has 0 aromatic heterocycles. The maximum atomic E-state index is 3.17. The van der Waals surface area contributed by atoms with Gasteiger partial charge in [0.05, 0.1) is 0 Å². The SMILES string of the molecule is CNCc1ccc2c(c1)CCN2C. The second-order valence-electron chi connectivity index (χ2n) is 3.66. The molecule has 0 atom stereocenters. The molecule has 2 rings (SSSR count). The van der Waals surface area contributed by atoms with E-state index in [1.54, 1.807) is 0 Å². The Hall–Kier alpha value is -1.02. The van der Waals surface area contributed by atoms with Crippen molar-refractivity contribution in [3.05, 3.63) is 29.3 Å². The largest absolute Gasteiger partial charge is 0.374 e. The maximum absolute atomic E-state index is 3.17. The first-order valence-electron chi connectivity index (χ1n) is 4.79. The molecule has 0 radical (unpaired) electrons. The molecule has 1 aromatic carbocycles. The molecule has 70 valence electrons. The van der Waals surface area contributed by atoms with Crippen LogP contribution in [0.4, 0.5) is 5.69 Å². The van der Waals surface area contributed by atoms with Crippen molar-refractivity contribution in [2.24, 2.45) is 0 Å². The number of hydrogen-bond donors (Lipinski definition) is 1. The molecule has 0 saturated carbocycles. The highest BCUT2D eigenvalue weighted by molar-refractivity contribution is 5.58. The molecule has 0 fully saturated rings. The third-order valence-corrected chi connectivity index (χ3v) is 2.65. The average molecular weight is 176 g/mol. The highest BCUT2D eigenvalue weighted by atomic mass is 15.1. The third kappa shape index (κ3) is 1.54. The van der Waals surface area contributed by atoms with Crippen molar-refractivity contribution in [3.63, 3.8) is 0 Å². The summed E-state index contributed by atoms with van der Waals surface area (Å²) in [6, 6.07) is 6.75. The summed E-state index contributed by atoms with van der Waals surface area (Å²) >= 11 is 0. The fourth-order valence-electron chi connectivity index (χ4n) is 1.93. The molecule has 0 bridgehead atoms. The van der Waals surface area contributed by atoms with Gasteiger partial charge in [0, 0.05) is 25.8 Å². The number of likely N-dealkylation sites (N-methyl/N-ethyl adjacent to an activating group) is 1. The van der Waals surface area contributed by atoms with E-state index in [9.17, 15) is 0 Å². The smallest absolute Gasteiger partial charge is 0.0397 e. The van der Waals surface area contributed by atoms with Gasteiger partial charge in [0.15, 0.2) is 0 Å². The molecule has 0 saturated heterocycles. The summed E-state index contributed by atoms with van der Waals surface area (Å²) in [4.78, 5) is 2.32. The highest BCUT2D eigenvalue weighted by Crippen LogP contribution is 2.27. The number of hydrogen-bond acceptors (Lipinski definition) is 2. The van der Waals surface area contributed by atoms with Gasteiger partial charge >= 0.3 is 0 Å². The maximum Gasteiger partial charge on any atom is 0.0397 e. The Morgan fingerprint density at radius 3 is 3.08 bits per heavy atom. The molecule has 13 heavy (non-hydrogen) atoms. The van der Waals surface area contributed by atoms with E-state index < -0.39 is 0 Å². The van der Waals surface area contributed by atoms with Crippen molar-refractivity contribution in [1.29, 1.82) is 0 Å². The van der Waals surface area contributed by atoms with Crippen LogP contribution in [0.3, 0.4) is 0 Å². The lowest BCUT2D eigenvalue weighted by atomic mass is 10.1. The lowest BCUT2D eigenvalue weighted by Crippen LogP contribution is -2.12. The van der Waals surface area contributed by atoms with Gasteiger partial charge in [-0.3, -0.25) is 0 Å². The molecule has 0 spiro atoms. The molecule has 1 heterocycles. The van der Waals surface area contributed by atoms with Crippen LogP contribution in [0, 0.1) is 0 Å². The normalized spacial score (nSPS) is 14.8. The number of nitrogens with zero attached hydrogens (tertiary/aromatic N) is 1. The number of anilines is 1. The first-order chi connectivity index (χ1) is 6.31. The van der Waals surface area contributed by atoms with E-state index >= 15 is 0 Å². The number of fused-ring (bicyclic) bond motifs is 1. The number of nitrogens with one attached hydrogen (secondary N) is 1. The average Bonchev–Trinajstić information content (AvgIpc) is 2.48. The summed E-state index contributed by atoms with van der Waals surface area (Å²) in [6.07, 6.45) is 1.20. The molecular formula is C11H16N2. The van der Waals surface area contributed by atoms with Gasteiger partial charge in [0.1, 0.15) is 0 Å². The van der Waals surface area contributed by atoms with Gasteiger partial charge in [-0.1, -0.05) is 12.1 Å². The minimum absolute atomic E-state index is 0.969. The molecule has 1 aliphatic rings. The predicted molar refractivity (Wildman–Crippen MR) is 56.2 cm³/mol. The predicted octanol–water partition coefficient (Wildman–Crippen LogP) is 1.40. The van der Waals surface area contributed by atoms with E-state index in [-0.39, 0.29) is 0 Å². The molecule has 0 aliphatic carbocycles. The Morgan fingerprint density at radius 2 is 2.31 bits per heavy atom. The van der Waals surface area contributed by atoms with Gasteiger partial charge in [-0.2, -0.15) is 0 Å². The van der Waals surface area contributed by atoms with Crippen molar-refractivity contribution >= 4 is 5.69 Å². The standard InChI is InChI=1S/C11H16N2/c1-12-8-9-3-4-11-10(7-9)5-6-13(11)2/h3-4,7,12H,5-6,8H2,1-2H3. The van der Waals surface area contributed by atoms with E-state index in [2.05, 4.69) is 35.5 Å². The van der Waals surface area contributed by atoms with Crippen molar-refractivity contribution in [2.45, 2.75) is 13.0 Å². The lowest BCUT2D eigenvalue weighted by Gasteiger charge is -2.11. The van der Waals surface area contributed by atoms with Crippen LogP contribution in [-0.4, -0.2) is 20.6 Å². The Kier molecular flexibility index (Phi) is 2.23. The minimum Gasteiger partial charge on any atom is -0.374 e. The summed E-state index contributed by atoms with van der Waals surface area (Å²) in [5.41, 5.74) is 4.28. The monoisotopic (exact) mass is 176 g/mol. The Morgan fingerprint density at radius 1 is 1.46 bits per heavy atom. The van der Waals surface area contributed by atoms with Crippen molar-refractivity contribution < 1.29 is 0 Å². The highest BCUT2D eigenvalue weighted by Gasteiger charge is 2.14. The second kappa shape index (κ2) is 3.38. The van der Waals surface area contributed by atoms with E-state index in [0.29, 0.717) is 0 Å². The summed E-state index contributed by atoms with van der Waals surface area (Å²) in [6.45, 7) is 2.13. The zero-order chi connectivity index (χ0) is 9.26. The summed E-state index contributed by atoms with van der Waals surface area (Å²) in [5, 5.41) is 3.17. The topological polar surface area (TPSA) is 15.3 Å². The van der Waals surface area contributed by atoms with Crippen LogP contribution in [0.15, 0.2) is 18.2 Å². The summed E-state index contributed by atoms with van der Waals surface area (Å²) in [7, 11) is 4.14. The second-order valence-corrected chi connectivity index (χ2v) is 3.66. The quantitative estimate of drug-likeness (QED) is 0.732. The summed E-state index contributed by atoms with van der Waals surface area (Å²) < 4.78 is 0. The molecular weight excluding hydrogens is 160 g/mol. The van der Waals surface area contributed by atoms with E-state index in [0.717, 1.165) is 6.54 Å². The lowest BCUT2D eigenvalue weighted by molar-refractivity contribution is 0.817. The zero-order valence-corrected chi connectivity index (χ0v) is 8.30. The first kappa shape index (κ1) is 8.57. The Bertz CT molecular complexity index is 307. The van der Waals surface area contributed by atoms with E-state index in [1.165, 1.54) is 29.8 Å². The fourth-order valence-corrected chi connectivity index (χ4v) is 1.93. The van der Waals surface area contributed by atoms with Crippen LogP contribution >= 0.6 is 0 Å². The van der Waals surface area contributed by atoms with E-state index in [1.807, 2.05) is 7.05 Å².